The molecule has 152 valence electrons. The quantitative estimate of drug-likeness (QED) is 0.302. The van der Waals surface area contributed by atoms with Crippen LogP contribution in [0.5, 0.6) is 0 Å². The van der Waals surface area contributed by atoms with Crippen LogP contribution >= 0.6 is 11.6 Å². The predicted octanol–water partition coefficient (Wildman–Crippen LogP) is 6.45. The number of carbonyl (C=O) groups excluding carboxylic acids is 1. The maximum atomic E-state index is 12.8. The monoisotopic (exact) mass is 425 g/mol. The van der Waals surface area contributed by atoms with Crippen molar-refractivity contribution < 1.29 is 4.79 Å². The Morgan fingerprint density at radius 1 is 1.00 bits per heavy atom. The van der Waals surface area contributed by atoms with Crippen molar-refractivity contribution in [3.05, 3.63) is 100 Å². The fourth-order valence-electron chi connectivity index (χ4n) is 3.69. The molecule has 5 heteroatoms. The molecule has 0 spiro atoms. The maximum absolute atomic E-state index is 12.8. The molecule has 0 bridgehead atoms. The molecule has 0 saturated heterocycles. The molecule has 0 unspecified atom stereocenters. The van der Waals surface area contributed by atoms with Crippen molar-refractivity contribution in [2.75, 3.05) is 5.32 Å². The van der Waals surface area contributed by atoms with Gasteiger partial charge in [-0.2, -0.15) is 5.26 Å². The lowest BCUT2D eigenvalue weighted by molar-refractivity contribution is -0.112. The minimum absolute atomic E-state index is 0.0458. The van der Waals surface area contributed by atoms with Crippen LogP contribution in [0.4, 0.5) is 5.69 Å². The molecule has 0 fully saturated rings. The smallest absolute Gasteiger partial charge is 0.266 e. The number of aryl methyl sites for hydroxylation is 1. The Morgan fingerprint density at radius 3 is 2.42 bits per heavy atom. The van der Waals surface area contributed by atoms with E-state index in [0.29, 0.717) is 10.7 Å². The molecule has 1 N–H and O–H groups in total. The minimum Gasteiger partial charge on any atom is -0.321 e. The zero-order chi connectivity index (χ0) is 22.0. The van der Waals surface area contributed by atoms with E-state index in [0.717, 1.165) is 33.4 Å². The highest BCUT2D eigenvalue weighted by Gasteiger charge is 2.14. The van der Waals surface area contributed by atoms with Crippen molar-refractivity contribution >= 4 is 40.0 Å². The van der Waals surface area contributed by atoms with Gasteiger partial charge in [0.05, 0.1) is 0 Å². The van der Waals surface area contributed by atoms with Crippen LogP contribution in [0.25, 0.3) is 22.5 Å². The van der Waals surface area contributed by atoms with E-state index in [9.17, 15) is 10.1 Å². The first kappa shape index (κ1) is 20.5. The van der Waals surface area contributed by atoms with Crippen molar-refractivity contribution in [2.45, 2.75) is 13.8 Å². The SMILES string of the molecule is Cc1cc(C=C(C#N)C(=O)Nc2ccc3ccccc3c2)c(C)n1-c1ccc(Cl)cc1. The summed E-state index contributed by atoms with van der Waals surface area (Å²) >= 11 is 6.01. The van der Waals surface area contributed by atoms with Gasteiger partial charge in [0.25, 0.3) is 5.91 Å². The molecule has 31 heavy (non-hydrogen) atoms. The van der Waals surface area contributed by atoms with Crippen molar-refractivity contribution in [3.63, 3.8) is 0 Å². The Bertz CT molecular complexity index is 1360. The number of hydrogen-bond acceptors (Lipinski definition) is 2. The summed E-state index contributed by atoms with van der Waals surface area (Å²) in [6, 6.07) is 25.1. The second-order valence-corrected chi connectivity index (χ2v) is 7.76. The molecule has 0 aliphatic carbocycles. The van der Waals surface area contributed by atoms with Gasteiger partial charge < -0.3 is 9.88 Å². The van der Waals surface area contributed by atoms with Gasteiger partial charge in [0.1, 0.15) is 11.6 Å². The highest BCUT2D eigenvalue weighted by atomic mass is 35.5. The number of hydrogen-bond donors (Lipinski definition) is 1. The number of nitriles is 1. The van der Waals surface area contributed by atoms with Gasteiger partial charge in [-0.3, -0.25) is 4.79 Å². The number of anilines is 1. The summed E-state index contributed by atoms with van der Waals surface area (Å²) < 4.78 is 2.07. The van der Waals surface area contributed by atoms with Crippen LogP contribution in [0.15, 0.2) is 78.4 Å². The van der Waals surface area contributed by atoms with Crippen molar-refractivity contribution in [2.24, 2.45) is 0 Å². The fourth-order valence-corrected chi connectivity index (χ4v) is 3.82. The van der Waals surface area contributed by atoms with E-state index in [4.69, 9.17) is 11.6 Å². The number of nitrogens with one attached hydrogen (secondary N) is 1. The second-order valence-electron chi connectivity index (χ2n) is 7.32. The molecule has 0 saturated carbocycles. The van der Waals surface area contributed by atoms with Gasteiger partial charge in [-0.1, -0.05) is 41.9 Å². The first-order valence-electron chi connectivity index (χ1n) is 9.83. The van der Waals surface area contributed by atoms with Gasteiger partial charge in [0.2, 0.25) is 0 Å². The molecule has 1 heterocycles. The zero-order valence-corrected chi connectivity index (χ0v) is 17.9. The fraction of sp³-hybridized carbons (Fsp3) is 0.0769. The molecular weight excluding hydrogens is 406 g/mol. The van der Waals surface area contributed by atoms with Crippen molar-refractivity contribution in [1.29, 1.82) is 5.26 Å². The van der Waals surface area contributed by atoms with Gasteiger partial charge in [0.15, 0.2) is 0 Å². The minimum atomic E-state index is -0.436. The van der Waals surface area contributed by atoms with Crippen LogP contribution in [-0.4, -0.2) is 10.5 Å². The van der Waals surface area contributed by atoms with Gasteiger partial charge in [0, 0.05) is 27.8 Å². The summed E-state index contributed by atoms with van der Waals surface area (Å²) in [5.41, 5.74) is 4.42. The number of nitrogens with zero attached hydrogens (tertiary/aromatic N) is 2. The molecule has 0 radical (unpaired) electrons. The molecule has 4 aromatic rings. The zero-order valence-electron chi connectivity index (χ0n) is 17.2. The number of rotatable bonds is 4. The van der Waals surface area contributed by atoms with Crippen LogP contribution in [0.2, 0.25) is 5.02 Å². The average Bonchev–Trinajstić information content (AvgIpc) is 3.05. The third kappa shape index (κ3) is 4.23. The summed E-state index contributed by atoms with van der Waals surface area (Å²) in [6.45, 7) is 3.95. The topological polar surface area (TPSA) is 57.8 Å². The Labute approximate surface area is 186 Å². The Kier molecular flexibility index (Phi) is 5.62. The molecule has 0 aliphatic heterocycles. The number of amides is 1. The van der Waals surface area contributed by atoms with Crippen LogP contribution in [0.3, 0.4) is 0 Å². The summed E-state index contributed by atoms with van der Waals surface area (Å²) in [6.07, 6.45) is 1.63. The Hall–Kier alpha value is -3.81. The average molecular weight is 426 g/mol. The molecule has 0 aliphatic rings. The number of aromatic nitrogens is 1. The molecule has 3 aromatic carbocycles. The summed E-state index contributed by atoms with van der Waals surface area (Å²) in [4.78, 5) is 12.8. The van der Waals surface area contributed by atoms with Crippen LogP contribution in [-0.2, 0) is 4.79 Å². The van der Waals surface area contributed by atoms with Gasteiger partial charge in [-0.15, -0.1) is 0 Å². The number of fused-ring (bicyclic) bond motifs is 1. The Balaban J connectivity index is 1.63. The van der Waals surface area contributed by atoms with Gasteiger partial charge in [-0.25, -0.2) is 0 Å². The summed E-state index contributed by atoms with van der Waals surface area (Å²) in [7, 11) is 0. The molecular formula is C26H20ClN3O. The first-order valence-corrected chi connectivity index (χ1v) is 10.2. The molecule has 4 nitrogen and oxygen atoms in total. The maximum Gasteiger partial charge on any atom is 0.266 e. The van der Waals surface area contributed by atoms with Crippen molar-refractivity contribution in [3.8, 4) is 11.8 Å². The lowest BCUT2D eigenvalue weighted by Gasteiger charge is -2.10. The number of benzene rings is 3. The standard InChI is InChI=1S/C26H20ClN3O/c1-17-13-21(18(2)30(17)25-11-8-23(27)9-12-25)14-22(16-28)26(31)29-24-10-7-19-5-3-4-6-20(19)15-24/h3-15H,1-2H3,(H,29,31). The van der Waals surface area contributed by atoms with E-state index in [1.165, 1.54) is 0 Å². The van der Waals surface area contributed by atoms with E-state index in [-0.39, 0.29) is 5.57 Å². The van der Waals surface area contributed by atoms with Crippen molar-refractivity contribution in [1.82, 2.24) is 4.57 Å². The number of carbonyl (C=O) groups is 1. The van der Waals surface area contributed by atoms with E-state index in [2.05, 4.69) is 9.88 Å². The molecule has 4 rings (SSSR count). The van der Waals surface area contributed by atoms with Gasteiger partial charge in [-0.05, 0) is 78.7 Å². The molecule has 1 aromatic heterocycles. The van der Waals surface area contributed by atoms with Crippen LogP contribution in [0, 0.1) is 25.2 Å². The third-order valence-corrected chi connectivity index (χ3v) is 5.48. The lowest BCUT2D eigenvalue weighted by atomic mass is 10.1. The highest BCUT2D eigenvalue weighted by molar-refractivity contribution is 6.30. The summed E-state index contributed by atoms with van der Waals surface area (Å²) in [5, 5.41) is 15.2. The normalized spacial score (nSPS) is 11.4. The van der Waals surface area contributed by atoms with Gasteiger partial charge >= 0.3 is 0 Å². The first-order chi connectivity index (χ1) is 15.0. The predicted molar refractivity (Wildman–Crippen MR) is 126 cm³/mol. The number of halogens is 1. The van der Waals surface area contributed by atoms with Crippen LogP contribution < -0.4 is 5.32 Å². The Morgan fingerprint density at radius 2 is 1.71 bits per heavy atom. The summed E-state index contributed by atoms with van der Waals surface area (Å²) in [5.74, 6) is -0.436. The largest absolute Gasteiger partial charge is 0.321 e. The van der Waals surface area contributed by atoms with E-state index in [1.807, 2.05) is 92.7 Å². The highest BCUT2D eigenvalue weighted by Crippen LogP contribution is 2.25. The molecule has 0 atom stereocenters. The van der Waals surface area contributed by atoms with E-state index in [1.54, 1.807) is 6.08 Å². The molecule has 1 amide bonds. The second kappa shape index (κ2) is 8.51. The van der Waals surface area contributed by atoms with Crippen LogP contribution in [0.1, 0.15) is 17.0 Å². The van der Waals surface area contributed by atoms with E-state index >= 15 is 0 Å². The lowest BCUT2D eigenvalue weighted by Crippen LogP contribution is -2.13. The third-order valence-electron chi connectivity index (χ3n) is 5.23. The van der Waals surface area contributed by atoms with E-state index < -0.39 is 5.91 Å².